The van der Waals surface area contributed by atoms with E-state index in [1.165, 1.54) is 30.1 Å². The maximum absolute atomic E-state index is 14.2. The van der Waals surface area contributed by atoms with Crippen LogP contribution in [-0.4, -0.2) is 12.6 Å². The maximum Gasteiger partial charge on any atom is 0.128 e. The van der Waals surface area contributed by atoms with Gasteiger partial charge in [0.2, 0.25) is 0 Å². The molecular weight excluding hydrogens is 424 g/mol. The first-order valence-corrected chi connectivity index (χ1v) is 11.1. The third-order valence-corrected chi connectivity index (χ3v) is 5.70. The number of halogens is 2. The van der Waals surface area contributed by atoms with Crippen molar-refractivity contribution in [1.29, 1.82) is 0 Å². The lowest BCUT2D eigenvalue weighted by molar-refractivity contribution is 0.618. The number of hydrogen-bond donors (Lipinski definition) is 0. The molecule has 0 bridgehead atoms. The molecule has 0 aromatic heterocycles. The number of aliphatic imine (C=N–C) groups is 1. The van der Waals surface area contributed by atoms with Crippen LogP contribution in [0.1, 0.15) is 25.3 Å². The van der Waals surface area contributed by atoms with Gasteiger partial charge in [0.1, 0.15) is 11.6 Å². The highest BCUT2D eigenvalue weighted by Gasteiger charge is 2.15. The number of allylic oxidation sites excluding steroid dienone is 4. The van der Waals surface area contributed by atoms with Crippen molar-refractivity contribution in [2.75, 3.05) is 16.5 Å². The normalized spacial score (nSPS) is 10.7. The van der Waals surface area contributed by atoms with Gasteiger partial charge in [-0.15, -0.1) is 0 Å². The number of hydrogen-bond acceptors (Lipinski definition) is 4. The molecule has 2 rings (SSSR count). The second-order valence-corrected chi connectivity index (χ2v) is 7.85. The van der Waals surface area contributed by atoms with E-state index in [2.05, 4.69) is 31.7 Å². The average molecular weight is 454 g/mol. The van der Waals surface area contributed by atoms with Crippen LogP contribution in [0.2, 0.25) is 0 Å². The highest BCUT2D eigenvalue weighted by atomic mass is 32.2. The molecule has 3 nitrogen and oxygen atoms in total. The Bertz CT molecular complexity index is 1020. The van der Waals surface area contributed by atoms with Gasteiger partial charge in [-0.1, -0.05) is 51.3 Å². The van der Waals surface area contributed by atoms with Crippen LogP contribution in [0, 0.1) is 18.6 Å². The molecule has 0 unspecified atom stereocenters. The number of anilines is 2. The highest BCUT2D eigenvalue weighted by Crippen LogP contribution is 2.29. The predicted molar refractivity (Wildman–Crippen MR) is 136 cm³/mol. The van der Waals surface area contributed by atoms with E-state index < -0.39 is 0 Å². The van der Waals surface area contributed by atoms with E-state index in [4.69, 9.17) is 0 Å². The second kappa shape index (κ2) is 12.1. The van der Waals surface area contributed by atoms with Gasteiger partial charge < -0.3 is 0 Å². The molecule has 0 aliphatic heterocycles. The van der Waals surface area contributed by atoms with Crippen LogP contribution in [0.4, 0.5) is 20.2 Å². The van der Waals surface area contributed by atoms with E-state index in [1.807, 2.05) is 6.07 Å². The molecule has 0 radical (unpaired) electrons. The second-order valence-electron chi connectivity index (χ2n) is 7.09. The first-order valence-electron chi connectivity index (χ1n) is 10.2. The fourth-order valence-corrected chi connectivity index (χ4v) is 3.75. The number of benzene rings is 2. The largest absolute Gasteiger partial charge is 0.278 e. The van der Waals surface area contributed by atoms with E-state index in [-0.39, 0.29) is 11.6 Å². The van der Waals surface area contributed by atoms with Crippen LogP contribution in [0.15, 0.2) is 96.2 Å². The van der Waals surface area contributed by atoms with Crippen LogP contribution in [0.5, 0.6) is 0 Å². The minimum Gasteiger partial charge on any atom is -0.278 e. The summed E-state index contributed by atoms with van der Waals surface area (Å²) in [6.07, 6.45) is 5.23. The maximum atomic E-state index is 14.2. The summed E-state index contributed by atoms with van der Waals surface area (Å²) in [4.78, 5) is 4.52. The van der Waals surface area contributed by atoms with Crippen LogP contribution < -0.4 is 9.42 Å². The lowest BCUT2D eigenvalue weighted by Gasteiger charge is -2.33. The summed E-state index contributed by atoms with van der Waals surface area (Å²) in [7, 11) is 1.80. The van der Waals surface area contributed by atoms with E-state index in [1.54, 1.807) is 59.3 Å². The van der Waals surface area contributed by atoms with E-state index in [0.29, 0.717) is 22.6 Å². The Balaban J connectivity index is 2.34. The van der Waals surface area contributed by atoms with E-state index >= 15 is 0 Å². The minimum atomic E-state index is -0.333. The third-order valence-electron chi connectivity index (χ3n) is 4.84. The molecule has 0 aliphatic carbocycles. The van der Waals surface area contributed by atoms with Crippen molar-refractivity contribution in [1.82, 2.24) is 0 Å². The van der Waals surface area contributed by atoms with Crippen molar-refractivity contribution in [2.24, 2.45) is 4.99 Å². The van der Waals surface area contributed by atoms with Crippen LogP contribution in [0.3, 0.4) is 0 Å². The number of rotatable bonds is 11. The Morgan fingerprint density at radius 2 is 1.69 bits per heavy atom. The Morgan fingerprint density at radius 1 is 1.06 bits per heavy atom. The molecule has 2 aromatic carbocycles. The lowest BCUT2D eigenvalue weighted by atomic mass is 10.0. The zero-order chi connectivity index (χ0) is 23.7. The molecule has 0 saturated heterocycles. The predicted octanol–water partition coefficient (Wildman–Crippen LogP) is 7.79. The molecule has 6 heteroatoms. The topological polar surface area (TPSA) is 18.8 Å². The molecule has 0 heterocycles. The molecule has 0 aliphatic rings. The first-order chi connectivity index (χ1) is 15.3. The summed E-state index contributed by atoms with van der Waals surface area (Å²) >= 11 is 1.27. The van der Waals surface area contributed by atoms with Crippen molar-refractivity contribution in [2.45, 2.75) is 26.7 Å². The van der Waals surface area contributed by atoms with Gasteiger partial charge in [-0.05, 0) is 66.5 Å². The Hall–Kier alpha value is -3.12. The minimum absolute atomic E-state index is 0.295. The quantitative estimate of drug-likeness (QED) is 0.114. The van der Waals surface area contributed by atoms with E-state index in [9.17, 15) is 8.78 Å². The molecule has 0 amide bonds. The monoisotopic (exact) mass is 453 g/mol. The highest BCUT2D eigenvalue weighted by molar-refractivity contribution is 8.13. The van der Waals surface area contributed by atoms with Gasteiger partial charge in [0, 0.05) is 19.0 Å². The Kier molecular flexibility index (Phi) is 9.47. The summed E-state index contributed by atoms with van der Waals surface area (Å²) in [5.41, 5.74) is 6.09. The molecule has 0 N–H and O–H groups in total. The zero-order valence-electron chi connectivity index (χ0n) is 18.8. The molecule has 0 saturated carbocycles. The van der Waals surface area contributed by atoms with Crippen LogP contribution in [-0.2, 0) is 0 Å². The van der Waals surface area contributed by atoms with Gasteiger partial charge in [0.15, 0.2) is 0 Å². The number of hydrazine groups is 1. The SMILES string of the molecule is C=CC(C=C)=C(CCC)C(=C)N=CSN(c1ccc(F)cc1)N(C)c1ccc(C)c(F)c1. The summed E-state index contributed by atoms with van der Waals surface area (Å²) in [6.45, 7) is 15.6. The molecule has 0 spiro atoms. The summed E-state index contributed by atoms with van der Waals surface area (Å²) in [5, 5.41) is 1.77. The molecule has 32 heavy (non-hydrogen) atoms. The summed E-state index contributed by atoms with van der Waals surface area (Å²) < 4.78 is 29.4. The standard InChI is InChI=1S/C26H29F2N3S/c1-7-10-25(21(8-2)9-3)20(5)29-18-32-31(23-15-12-22(27)13-16-23)30(6)24-14-11-19(4)26(28)17-24/h8-9,11-18H,2-3,5,7,10H2,1,4,6H3. The van der Waals surface area contributed by atoms with Crippen LogP contribution in [0.25, 0.3) is 0 Å². The fourth-order valence-electron chi connectivity index (χ4n) is 3.01. The molecule has 168 valence electrons. The van der Waals surface area contributed by atoms with E-state index in [0.717, 1.165) is 24.0 Å². The molecule has 2 aromatic rings. The van der Waals surface area contributed by atoms with Crippen molar-refractivity contribution >= 4 is 28.9 Å². The van der Waals surface area contributed by atoms with Gasteiger partial charge in [-0.2, -0.15) is 0 Å². The van der Waals surface area contributed by atoms with Crippen molar-refractivity contribution < 1.29 is 8.78 Å². The summed E-state index contributed by atoms with van der Waals surface area (Å²) in [5.74, 6) is -0.628. The van der Waals surface area contributed by atoms with Crippen LogP contribution >= 0.6 is 11.9 Å². The van der Waals surface area contributed by atoms with Gasteiger partial charge in [-0.25, -0.2) is 18.2 Å². The van der Waals surface area contributed by atoms with Gasteiger partial charge in [0.25, 0.3) is 0 Å². The molecule has 0 atom stereocenters. The molecule has 0 fully saturated rings. The first kappa shape index (κ1) is 25.1. The van der Waals surface area contributed by atoms with Crippen molar-refractivity contribution in [3.8, 4) is 0 Å². The van der Waals surface area contributed by atoms with Crippen molar-refractivity contribution in [3.05, 3.63) is 108 Å². The number of nitrogens with zero attached hydrogens (tertiary/aromatic N) is 3. The lowest BCUT2D eigenvalue weighted by Crippen LogP contribution is -2.34. The average Bonchev–Trinajstić information content (AvgIpc) is 2.79. The fraction of sp³-hybridized carbons (Fsp3) is 0.192. The smallest absolute Gasteiger partial charge is 0.128 e. The number of aryl methyl sites for hydroxylation is 1. The Morgan fingerprint density at radius 3 is 2.25 bits per heavy atom. The van der Waals surface area contributed by atoms with Gasteiger partial charge in [-0.3, -0.25) is 5.01 Å². The molecular formula is C26H29F2N3S. The van der Waals surface area contributed by atoms with Gasteiger partial charge in [0.05, 0.1) is 22.6 Å². The third kappa shape index (κ3) is 6.44. The Labute approximate surface area is 194 Å². The van der Waals surface area contributed by atoms with Crippen molar-refractivity contribution in [3.63, 3.8) is 0 Å². The zero-order valence-corrected chi connectivity index (χ0v) is 19.6. The van der Waals surface area contributed by atoms with Gasteiger partial charge >= 0.3 is 0 Å². The summed E-state index contributed by atoms with van der Waals surface area (Å²) in [6, 6.07) is 11.1.